The standard InChI is InChI=1S/C18H26N4O2/c23-17(14-22-11-5-2-6-18(22)24)20-13-15-7-8-19-16(12-15)21-9-3-1-4-10-21/h7-8,12H,1-6,9-11,13-14H2,(H,20,23). The number of hydrogen-bond acceptors (Lipinski definition) is 4. The quantitative estimate of drug-likeness (QED) is 0.892. The Labute approximate surface area is 143 Å². The maximum atomic E-state index is 12.1. The van der Waals surface area contributed by atoms with Crippen LogP contribution in [-0.4, -0.2) is 47.9 Å². The predicted octanol–water partition coefficient (Wildman–Crippen LogP) is 1.70. The van der Waals surface area contributed by atoms with Crippen LogP contribution < -0.4 is 10.2 Å². The van der Waals surface area contributed by atoms with Crippen molar-refractivity contribution >= 4 is 17.6 Å². The van der Waals surface area contributed by atoms with Crippen LogP contribution in [0.1, 0.15) is 44.1 Å². The molecule has 0 spiro atoms. The van der Waals surface area contributed by atoms with Gasteiger partial charge in [0.15, 0.2) is 0 Å². The average molecular weight is 330 g/mol. The summed E-state index contributed by atoms with van der Waals surface area (Å²) in [6.07, 6.45) is 8.02. The van der Waals surface area contributed by atoms with E-state index in [4.69, 9.17) is 0 Å². The smallest absolute Gasteiger partial charge is 0.239 e. The molecule has 2 aliphatic rings. The van der Waals surface area contributed by atoms with Gasteiger partial charge in [-0.15, -0.1) is 0 Å². The molecule has 2 aliphatic heterocycles. The topological polar surface area (TPSA) is 65.5 Å². The van der Waals surface area contributed by atoms with Crippen molar-refractivity contribution in [3.05, 3.63) is 23.9 Å². The summed E-state index contributed by atoms with van der Waals surface area (Å²) in [7, 11) is 0. The van der Waals surface area contributed by atoms with Gasteiger partial charge in [-0.05, 0) is 49.8 Å². The molecule has 0 radical (unpaired) electrons. The maximum Gasteiger partial charge on any atom is 0.239 e. The van der Waals surface area contributed by atoms with Crippen LogP contribution >= 0.6 is 0 Å². The first-order valence-corrected chi connectivity index (χ1v) is 8.97. The van der Waals surface area contributed by atoms with Crippen LogP contribution in [0.3, 0.4) is 0 Å². The minimum absolute atomic E-state index is 0.0905. The molecular weight excluding hydrogens is 304 g/mol. The zero-order valence-corrected chi connectivity index (χ0v) is 14.2. The molecule has 24 heavy (non-hydrogen) atoms. The summed E-state index contributed by atoms with van der Waals surface area (Å²) in [5, 5.41) is 2.92. The average Bonchev–Trinajstić information content (AvgIpc) is 2.63. The molecule has 3 rings (SSSR count). The highest BCUT2D eigenvalue weighted by atomic mass is 16.2. The molecule has 1 aromatic heterocycles. The van der Waals surface area contributed by atoms with Gasteiger partial charge in [0.2, 0.25) is 11.8 Å². The number of likely N-dealkylation sites (tertiary alicyclic amines) is 1. The van der Waals surface area contributed by atoms with Crippen molar-refractivity contribution in [3.8, 4) is 0 Å². The Kier molecular flexibility index (Phi) is 5.67. The maximum absolute atomic E-state index is 12.1. The second kappa shape index (κ2) is 8.13. The summed E-state index contributed by atoms with van der Waals surface area (Å²) in [5.74, 6) is 0.988. The second-order valence-corrected chi connectivity index (χ2v) is 6.62. The Hall–Kier alpha value is -2.11. The van der Waals surface area contributed by atoms with Crippen molar-refractivity contribution in [2.75, 3.05) is 31.1 Å². The molecule has 2 fully saturated rings. The molecule has 0 unspecified atom stereocenters. The lowest BCUT2D eigenvalue weighted by Crippen LogP contribution is -2.42. The highest BCUT2D eigenvalue weighted by Gasteiger charge is 2.20. The fraction of sp³-hybridized carbons (Fsp3) is 0.611. The first kappa shape index (κ1) is 16.7. The number of nitrogens with zero attached hydrogens (tertiary/aromatic N) is 3. The highest BCUT2D eigenvalue weighted by Crippen LogP contribution is 2.18. The molecule has 3 heterocycles. The van der Waals surface area contributed by atoms with Crippen molar-refractivity contribution in [2.45, 2.75) is 45.1 Å². The lowest BCUT2D eigenvalue weighted by Gasteiger charge is -2.28. The number of carbonyl (C=O) groups is 2. The van der Waals surface area contributed by atoms with E-state index in [1.165, 1.54) is 19.3 Å². The van der Waals surface area contributed by atoms with E-state index in [-0.39, 0.29) is 18.4 Å². The monoisotopic (exact) mass is 330 g/mol. The van der Waals surface area contributed by atoms with Gasteiger partial charge in [0.05, 0.1) is 6.54 Å². The summed E-state index contributed by atoms with van der Waals surface area (Å²) in [4.78, 5) is 32.3. The first-order valence-electron chi connectivity index (χ1n) is 8.97. The Morgan fingerprint density at radius 1 is 1.12 bits per heavy atom. The largest absolute Gasteiger partial charge is 0.357 e. The lowest BCUT2D eigenvalue weighted by molar-refractivity contribution is -0.137. The molecule has 6 heteroatoms. The van der Waals surface area contributed by atoms with E-state index in [2.05, 4.69) is 21.3 Å². The summed E-state index contributed by atoms with van der Waals surface area (Å²) >= 11 is 0. The Bertz CT molecular complexity index is 584. The number of carbonyl (C=O) groups excluding carboxylic acids is 2. The lowest BCUT2D eigenvalue weighted by atomic mass is 10.1. The van der Waals surface area contributed by atoms with E-state index in [0.29, 0.717) is 19.5 Å². The third kappa shape index (κ3) is 4.46. The number of hydrogen-bond donors (Lipinski definition) is 1. The molecule has 1 aromatic rings. The number of aromatic nitrogens is 1. The van der Waals surface area contributed by atoms with E-state index < -0.39 is 0 Å². The van der Waals surface area contributed by atoms with Gasteiger partial charge in [-0.25, -0.2) is 4.98 Å². The van der Waals surface area contributed by atoms with Gasteiger partial charge in [0.1, 0.15) is 5.82 Å². The Morgan fingerprint density at radius 3 is 2.71 bits per heavy atom. The third-order valence-electron chi connectivity index (χ3n) is 4.74. The Balaban J connectivity index is 1.50. The van der Waals surface area contributed by atoms with Crippen LogP contribution in [0.15, 0.2) is 18.3 Å². The van der Waals surface area contributed by atoms with E-state index in [1.54, 1.807) is 11.1 Å². The number of amides is 2. The van der Waals surface area contributed by atoms with Crippen molar-refractivity contribution in [3.63, 3.8) is 0 Å². The molecule has 0 bridgehead atoms. The fourth-order valence-corrected chi connectivity index (χ4v) is 3.33. The normalized spacial score (nSPS) is 18.6. The van der Waals surface area contributed by atoms with E-state index >= 15 is 0 Å². The van der Waals surface area contributed by atoms with Crippen molar-refractivity contribution in [1.29, 1.82) is 0 Å². The number of pyridine rings is 1. The van der Waals surface area contributed by atoms with E-state index in [9.17, 15) is 9.59 Å². The molecule has 130 valence electrons. The highest BCUT2D eigenvalue weighted by molar-refractivity contribution is 5.85. The molecule has 0 aromatic carbocycles. The fourth-order valence-electron chi connectivity index (χ4n) is 3.33. The minimum Gasteiger partial charge on any atom is -0.357 e. The van der Waals surface area contributed by atoms with Gasteiger partial charge in [0, 0.05) is 38.8 Å². The molecule has 2 saturated heterocycles. The first-order chi connectivity index (χ1) is 11.7. The van der Waals surface area contributed by atoms with Crippen LogP contribution in [0.4, 0.5) is 5.82 Å². The van der Waals surface area contributed by atoms with Crippen molar-refractivity contribution in [1.82, 2.24) is 15.2 Å². The van der Waals surface area contributed by atoms with Gasteiger partial charge in [-0.1, -0.05) is 0 Å². The zero-order valence-electron chi connectivity index (χ0n) is 14.2. The summed E-state index contributed by atoms with van der Waals surface area (Å²) in [5.41, 5.74) is 1.05. The molecule has 0 atom stereocenters. The molecule has 2 amide bonds. The Morgan fingerprint density at radius 2 is 1.92 bits per heavy atom. The summed E-state index contributed by atoms with van der Waals surface area (Å²) in [6, 6.07) is 3.98. The van der Waals surface area contributed by atoms with Gasteiger partial charge in [-0.2, -0.15) is 0 Å². The molecule has 0 aliphatic carbocycles. The van der Waals surface area contributed by atoms with Crippen LogP contribution in [0, 0.1) is 0 Å². The summed E-state index contributed by atoms with van der Waals surface area (Å²) in [6.45, 7) is 3.45. The molecular formula is C18H26N4O2. The zero-order chi connectivity index (χ0) is 16.8. The van der Waals surface area contributed by atoms with Crippen LogP contribution in [0.2, 0.25) is 0 Å². The summed E-state index contributed by atoms with van der Waals surface area (Å²) < 4.78 is 0. The predicted molar refractivity (Wildman–Crippen MR) is 92.6 cm³/mol. The third-order valence-corrected chi connectivity index (χ3v) is 4.74. The molecule has 6 nitrogen and oxygen atoms in total. The SMILES string of the molecule is O=C(CN1CCCCC1=O)NCc1ccnc(N2CCCCC2)c1. The number of piperidine rings is 2. The van der Waals surface area contributed by atoms with Crippen LogP contribution in [0.25, 0.3) is 0 Å². The van der Waals surface area contributed by atoms with E-state index in [1.807, 2.05) is 6.07 Å². The van der Waals surface area contributed by atoms with Crippen molar-refractivity contribution < 1.29 is 9.59 Å². The van der Waals surface area contributed by atoms with Gasteiger partial charge in [-0.3, -0.25) is 9.59 Å². The number of nitrogens with one attached hydrogen (secondary N) is 1. The van der Waals surface area contributed by atoms with Gasteiger partial charge in [0.25, 0.3) is 0 Å². The van der Waals surface area contributed by atoms with Gasteiger partial charge >= 0.3 is 0 Å². The molecule has 0 saturated carbocycles. The van der Waals surface area contributed by atoms with E-state index in [0.717, 1.165) is 37.3 Å². The number of anilines is 1. The van der Waals surface area contributed by atoms with Gasteiger partial charge < -0.3 is 15.1 Å². The molecule has 1 N–H and O–H groups in total. The van der Waals surface area contributed by atoms with Crippen LogP contribution in [-0.2, 0) is 16.1 Å². The van der Waals surface area contributed by atoms with Crippen LogP contribution in [0.5, 0.6) is 0 Å². The van der Waals surface area contributed by atoms with Crippen molar-refractivity contribution in [2.24, 2.45) is 0 Å². The second-order valence-electron chi connectivity index (χ2n) is 6.62. The number of rotatable bonds is 5. The minimum atomic E-state index is -0.0958.